The second kappa shape index (κ2) is 9.23. The Morgan fingerprint density at radius 1 is 0.963 bits per heavy atom. The summed E-state index contributed by atoms with van der Waals surface area (Å²) in [6, 6.07) is 23.5. The fraction of sp³-hybridized carbons (Fsp3) is 0.0455. The van der Waals surface area contributed by atoms with E-state index in [2.05, 4.69) is 57.5 Å². The van der Waals surface area contributed by atoms with Crippen LogP contribution in [0, 0.1) is 3.57 Å². The number of carbonyl (C=O) groups excluding carboxylic acids is 1. The van der Waals surface area contributed by atoms with Crippen LogP contribution in [-0.4, -0.2) is 5.91 Å². The van der Waals surface area contributed by atoms with Gasteiger partial charge in [0.1, 0.15) is 0 Å². The average molecular weight is 469 g/mol. The van der Waals surface area contributed by atoms with E-state index in [0.29, 0.717) is 11.4 Å². The minimum absolute atomic E-state index is 0.211. The van der Waals surface area contributed by atoms with E-state index in [4.69, 9.17) is 5.73 Å². The highest BCUT2D eigenvalue weighted by molar-refractivity contribution is 14.1. The van der Waals surface area contributed by atoms with Crippen molar-refractivity contribution < 1.29 is 4.79 Å². The highest BCUT2D eigenvalue weighted by atomic mass is 127. The lowest BCUT2D eigenvalue weighted by Gasteiger charge is -2.07. The molecule has 0 spiro atoms. The number of para-hydroxylation sites is 2. The number of nitrogen functional groups attached to an aromatic ring is 1. The van der Waals surface area contributed by atoms with E-state index in [-0.39, 0.29) is 5.91 Å². The quantitative estimate of drug-likeness (QED) is 0.266. The molecule has 0 saturated carbocycles. The summed E-state index contributed by atoms with van der Waals surface area (Å²) in [6.45, 7) is 0.748. The summed E-state index contributed by atoms with van der Waals surface area (Å²) in [5.41, 5.74) is 10.2. The van der Waals surface area contributed by atoms with Gasteiger partial charge in [0, 0.05) is 21.9 Å². The first-order chi connectivity index (χ1) is 13.1. The molecular formula is C22H20IN3O. The molecule has 0 atom stereocenters. The first kappa shape index (κ1) is 19.0. The molecule has 0 aromatic heterocycles. The SMILES string of the molecule is Nc1ccccc1NC(=O)/C=C\c1ccc(CNc2ccc(I)cc2)cc1. The van der Waals surface area contributed by atoms with Crippen molar-refractivity contribution >= 4 is 51.6 Å². The number of rotatable bonds is 6. The third-order valence-electron chi connectivity index (χ3n) is 3.97. The molecule has 5 heteroatoms. The van der Waals surface area contributed by atoms with Crippen LogP contribution in [0.5, 0.6) is 0 Å². The van der Waals surface area contributed by atoms with Gasteiger partial charge in [0.2, 0.25) is 5.91 Å². The molecular weight excluding hydrogens is 449 g/mol. The van der Waals surface area contributed by atoms with Gasteiger partial charge in [0.25, 0.3) is 0 Å². The van der Waals surface area contributed by atoms with Crippen molar-refractivity contribution in [2.45, 2.75) is 6.54 Å². The molecule has 3 aromatic rings. The highest BCUT2D eigenvalue weighted by Gasteiger charge is 2.01. The van der Waals surface area contributed by atoms with Crippen molar-refractivity contribution in [3.05, 3.63) is 93.6 Å². The summed E-state index contributed by atoms with van der Waals surface area (Å²) in [6.07, 6.45) is 3.29. The monoisotopic (exact) mass is 469 g/mol. The van der Waals surface area contributed by atoms with Gasteiger partial charge in [0.05, 0.1) is 11.4 Å². The Morgan fingerprint density at radius 3 is 2.37 bits per heavy atom. The predicted octanol–water partition coefficient (Wildman–Crippen LogP) is 5.14. The molecule has 136 valence electrons. The summed E-state index contributed by atoms with van der Waals surface area (Å²) >= 11 is 2.29. The number of anilines is 3. The Hall–Kier alpha value is -2.80. The molecule has 27 heavy (non-hydrogen) atoms. The minimum Gasteiger partial charge on any atom is -0.397 e. The molecule has 1 amide bonds. The Morgan fingerprint density at radius 2 is 1.67 bits per heavy atom. The van der Waals surface area contributed by atoms with E-state index in [1.165, 1.54) is 15.2 Å². The smallest absolute Gasteiger partial charge is 0.248 e. The lowest BCUT2D eigenvalue weighted by atomic mass is 10.1. The predicted molar refractivity (Wildman–Crippen MR) is 121 cm³/mol. The van der Waals surface area contributed by atoms with Crippen molar-refractivity contribution in [3.63, 3.8) is 0 Å². The number of hydrogen-bond acceptors (Lipinski definition) is 3. The van der Waals surface area contributed by atoms with Crippen LogP contribution in [-0.2, 0) is 11.3 Å². The number of halogens is 1. The minimum atomic E-state index is -0.211. The van der Waals surface area contributed by atoms with Gasteiger partial charge in [-0.2, -0.15) is 0 Å². The van der Waals surface area contributed by atoms with Crippen LogP contribution >= 0.6 is 22.6 Å². The van der Waals surface area contributed by atoms with E-state index >= 15 is 0 Å². The molecule has 4 nitrogen and oxygen atoms in total. The summed E-state index contributed by atoms with van der Waals surface area (Å²) in [7, 11) is 0. The van der Waals surface area contributed by atoms with E-state index < -0.39 is 0 Å². The zero-order chi connectivity index (χ0) is 19.1. The molecule has 0 aliphatic heterocycles. The van der Waals surface area contributed by atoms with Crippen LogP contribution in [0.3, 0.4) is 0 Å². The van der Waals surface area contributed by atoms with E-state index in [1.807, 2.05) is 36.4 Å². The second-order valence-electron chi connectivity index (χ2n) is 6.01. The second-order valence-corrected chi connectivity index (χ2v) is 7.26. The number of amides is 1. The van der Waals surface area contributed by atoms with Crippen molar-refractivity contribution in [3.8, 4) is 0 Å². The van der Waals surface area contributed by atoms with Gasteiger partial charge in [-0.25, -0.2) is 0 Å². The standard InChI is InChI=1S/C22H20IN3O/c23-18-10-12-19(13-11-18)25-15-17-7-5-16(6-8-17)9-14-22(27)26-21-4-2-1-3-20(21)24/h1-14,25H,15,24H2,(H,26,27)/b14-9-. The van der Waals surface area contributed by atoms with Crippen LogP contribution < -0.4 is 16.4 Å². The maximum atomic E-state index is 12.0. The number of nitrogens with two attached hydrogens (primary N) is 1. The highest BCUT2D eigenvalue weighted by Crippen LogP contribution is 2.17. The average Bonchev–Trinajstić information content (AvgIpc) is 2.68. The van der Waals surface area contributed by atoms with Gasteiger partial charge in [-0.3, -0.25) is 4.79 Å². The van der Waals surface area contributed by atoms with Gasteiger partial charge in [-0.15, -0.1) is 0 Å². The Bertz CT molecular complexity index is 935. The fourth-order valence-corrected chi connectivity index (χ4v) is 2.84. The number of hydrogen-bond donors (Lipinski definition) is 3. The van der Waals surface area contributed by atoms with Gasteiger partial charge in [0.15, 0.2) is 0 Å². The molecule has 3 aromatic carbocycles. The summed E-state index contributed by atoms with van der Waals surface area (Å²) < 4.78 is 1.22. The van der Waals surface area contributed by atoms with E-state index in [1.54, 1.807) is 18.2 Å². The number of benzene rings is 3. The first-order valence-electron chi connectivity index (χ1n) is 8.52. The normalized spacial score (nSPS) is 10.7. The molecule has 0 aliphatic rings. The Kier molecular flexibility index (Phi) is 6.49. The van der Waals surface area contributed by atoms with Crippen molar-refractivity contribution in [1.82, 2.24) is 0 Å². The van der Waals surface area contributed by atoms with Gasteiger partial charge >= 0.3 is 0 Å². The maximum Gasteiger partial charge on any atom is 0.248 e. The summed E-state index contributed by atoms with van der Waals surface area (Å²) in [4.78, 5) is 12.0. The molecule has 0 bridgehead atoms. The molecule has 0 heterocycles. The zero-order valence-electron chi connectivity index (χ0n) is 14.7. The molecule has 0 radical (unpaired) electrons. The van der Waals surface area contributed by atoms with Gasteiger partial charge in [-0.1, -0.05) is 36.4 Å². The van der Waals surface area contributed by atoms with Crippen LogP contribution in [0.25, 0.3) is 6.08 Å². The van der Waals surface area contributed by atoms with E-state index in [9.17, 15) is 4.79 Å². The third-order valence-corrected chi connectivity index (χ3v) is 4.69. The van der Waals surface area contributed by atoms with Crippen LogP contribution in [0.15, 0.2) is 78.9 Å². The lowest BCUT2D eigenvalue weighted by Crippen LogP contribution is -2.09. The topological polar surface area (TPSA) is 67.1 Å². The van der Waals surface area contributed by atoms with Crippen LogP contribution in [0.2, 0.25) is 0 Å². The fourth-order valence-electron chi connectivity index (χ4n) is 2.48. The lowest BCUT2D eigenvalue weighted by molar-refractivity contribution is -0.111. The zero-order valence-corrected chi connectivity index (χ0v) is 16.8. The third kappa shape index (κ3) is 5.86. The first-order valence-corrected chi connectivity index (χ1v) is 9.60. The van der Waals surface area contributed by atoms with Gasteiger partial charge < -0.3 is 16.4 Å². The molecule has 0 fully saturated rings. The largest absolute Gasteiger partial charge is 0.397 e. The van der Waals surface area contributed by atoms with Crippen molar-refractivity contribution in [2.24, 2.45) is 0 Å². The van der Waals surface area contributed by atoms with Crippen LogP contribution in [0.4, 0.5) is 17.1 Å². The summed E-state index contributed by atoms with van der Waals surface area (Å²) in [5.74, 6) is -0.211. The molecule has 4 N–H and O–H groups in total. The molecule has 0 aliphatic carbocycles. The van der Waals surface area contributed by atoms with E-state index in [0.717, 1.165) is 17.8 Å². The molecule has 0 saturated heterocycles. The number of carbonyl (C=O) groups is 1. The molecule has 0 unspecified atom stereocenters. The number of nitrogens with one attached hydrogen (secondary N) is 2. The Labute approximate surface area is 172 Å². The molecule has 3 rings (SSSR count). The van der Waals surface area contributed by atoms with Crippen molar-refractivity contribution in [2.75, 3.05) is 16.4 Å². The van der Waals surface area contributed by atoms with Gasteiger partial charge in [-0.05, 0) is 76.2 Å². The Balaban J connectivity index is 1.53. The van der Waals surface area contributed by atoms with Crippen LogP contribution in [0.1, 0.15) is 11.1 Å². The summed E-state index contributed by atoms with van der Waals surface area (Å²) in [5, 5.41) is 6.17. The maximum absolute atomic E-state index is 12.0. The van der Waals surface area contributed by atoms with Crippen molar-refractivity contribution in [1.29, 1.82) is 0 Å².